The minimum atomic E-state index is -0.710. The molecule has 1 fully saturated rings. The van der Waals surface area contributed by atoms with Crippen molar-refractivity contribution in [3.63, 3.8) is 0 Å². The molecule has 2 N–H and O–H groups in total. The van der Waals surface area contributed by atoms with Crippen molar-refractivity contribution in [2.24, 2.45) is 0 Å². The third-order valence-corrected chi connectivity index (χ3v) is 4.12. The molecule has 0 aromatic carbocycles. The molecule has 22 heavy (non-hydrogen) atoms. The van der Waals surface area contributed by atoms with Crippen LogP contribution < -0.4 is 0 Å². The van der Waals surface area contributed by atoms with Crippen LogP contribution in [0, 0.1) is 0 Å². The van der Waals surface area contributed by atoms with Gasteiger partial charge in [-0.15, -0.1) is 0 Å². The Morgan fingerprint density at radius 1 is 1.14 bits per heavy atom. The molecule has 0 saturated carbocycles. The second-order valence-electron chi connectivity index (χ2n) is 6.29. The predicted molar refractivity (Wildman–Crippen MR) is 87.9 cm³/mol. The van der Waals surface area contributed by atoms with Crippen LogP contribution in [-0.4, -0.2) is 34.5 Å². The summed E-state index contributed by atoms with van der Waals surface area (Å²) < 4.78 is 5.58. The van der Waals surface area contributed by atoms with Crippen molar-refractivity contribution in [1.82, 2.24) is 0 Å². The summed E-state index contributed by atoms with van der Waals surface area (Å²) in [5.74, 6) is -0.710. The van der Waals surface area contributed by atoms with Crippen LogP contribution in [0.5, 0.6) is 0 Å². The lowest BCUT2D eigenvalue weighted by Crippen LogP contribution is -2.08. The number of rotatable bonds is 14. The van der Waals surface area contributed by atoms with Gasteiger partial charge in [-0.2, -0.15) is 0 Å². The van der Waals surface area contributed by atoms with E-state index in [-0.39, 0.29) is 12.5 Å². The standard InChI is InChI=1S/C18H32O4/c1-2-3-8-12-16-17(22-16)14-15(19)11-9-6-4-5-7-10-13-18(20)21/h9,11,15-17,19H,2-8,10,12-14H2,1H3,(H,20,21)/b11-9+/t15-,16+,17-/m0/s1. The van der Waals surface area contributed by atoms with E-state index in [1.54, 1.807) is 0 Å². The van der Waals surface area contributed by atoms with Crippen molar-refractivity contribution in [1.29, 1.82) is 0 Å². The highest BCUT2D eigenvalue weighted by molar-refractivity contribution is 5.66. The largest absolute Gasteiger partial charge is 0.481 e. The van der Waals surface area contributed by atoms with Crippen LogP contribution in [0.25, 0.3) is 0 Å². The van der Waals surface area contributed by atoms with E-state index in [9.17, 15) is 9.90 Å². The van der Waals surface area contributed by atoms with Crippen LogP contribution in [0.2, 0.25) is 0 Å². The van der Waals surface area contributed by atoms with Crippen LogP contribution in [0.3, 0.4) is 0 Å². The molecule has 4 heteroatoms. The molecule has 1 heterocycles. The number of unbranched alkanes of at least 4 members (excludes halogenated alkanes) is 6. The first-order valence-corrected chi connectivity index (χ1v) is 8.85. The number of carboxylic acid groups (broad SMARTS) is 1. The third-order valence-electron chi connectivity index (χ3n) is 4.12. The van der Waals surface area contributed by atoms with E-state index in [0.29, 0.717) is 12.5 Å². The zero-order chi connectivity index (χ0) is 16.2. The Balaban J connectivity index is 1.92. The highest BCUT2D eigenvalue weighted by Crippen LogP contribution is 2.31. The summed E-state index contributed by atoms with van der Waals surface area (Å²) in [4.78, 5) is 10.4. The Morgan fingerprint density at radius 3 is 2.64 bits per heavy atom. The maximum atomic E-state index is 10.4. The van der Waals surface area contributed by atoms with Gasteiger partial charge in [-0.25, -0.2) is 0 Å². The van der Waals surface area contributed by atoms with Crippen molar-refractivity contribution in [3.8, 4) is 0 Å². The Bertz CT molecular complexity index is 327. The zero-order valence-electron chi connectivity index (χ0n) is 13.9. The van der Waals surface area contributed by atoms with Crippen molar-refractivity contribution in [2.45, 2.75) is 95.9 Å². The number of ether oxygens (including phenoxy) is 1. The Kier molecular flexibility index (Phi) is 10.2. The molecule has 0 aromatic heterocycles. The van der Waals surface area contributed by atoms with Gasteiger partial charge in [-0.1, -0.05) is 51.2 Å². The number of hydrogen-bond donors (Lipinski definition) is 2. The van der Waals surface area contributed by atoms with E-state index >= 15 is 0 Å². The third kappa shape index (κ3) is 9.96. The first kappa shape index (κ1) is 19.2. The summed E-state index contributed by atoms with van der Waals surface area (Å²) >= 11 is 0. The van der Waals surface area contributed by atoms with E-state index in [2.05, 4.69) is 6.92 Å². The molecule has 1 aliphatic rings. The molecule has 1 rings (SSSR count). The smallest absolute Gasteiger partial charge is 0.303 e. The van der Waals surface area contributed by atoms with Crippen LogP contribution >= 0.6 is 0 Å². The van der Waals surface area contributed by atoms with E-state index in [1.807, 2.05) is 12.2 Å². The number of carboxylic acids is 1. The SMILES string of the molecule is CCCCC[C@H]1O[C@H]1C[C@@H](O)/C=C/CCCCCCC(=O)O. The van der Waals surface area contributed by atoms with Gasteiger partial charge in [0.2, 0.25) is 0 Å². The first-order valence-electron chi connectivity index (χ1n) is 8.85. The number of hydrogen-bond acceptors (Lipinski definition) is 3. The van der Waals surface area contributed by atoms with Crippen LogP contribution in [0.4, 0.5) is 0 Å². The van der Waals surface area contributed by atoms with Crippen LogP contribution in [-0.2, 0) is 9.53 Å². The minimum Gasteiger partial charge on any atom is -0.481 e. The molecule has 4 nitrogen and oxygen atoms in total. The van der Waals surface area contributed by atoms with E-state index < -0.39 is 12.1 Å². The Morgan fingerprint density at radius 2 is 1.91 bits per heavy atom. The monoisotopic (exact) mass is 312 g/mol. The molecule has 1 saturated heterocycles. The van der Waals surface area contributed by atoms with Gasteiger partial charge < -0.3 is 14.9 Å². The molecule has 0 aliphatic carbocycles. The Labute approximate surface area is 134 Å². The summed E-state index contributed by atoms with van der Waals surface area (Å²) in [6.45, 7) is 2.20. The number of allylic oxidation sites excluding steroid dienone is 1. The average Bonchev–Trinajstić information content (AvgIpc) is 3.19. The quantitative estimate of drug-likeness (QED) is 0.288. The molecule has 1 aliphatic heterocycles. The molecule has 0 spiro atoms. The second-order valence-corrected chi connectivity index (χ2v) is 6.29. The van der Waals surface area contributed by atoms with Crippen LogP contribution in [0.1, 0.15) is 77.6 Å². The highest BCUT2D eigenvalue weighted by Gasteiger charge is 2.38. The predicted octanol–water partition coefficient (Wildman–Crippen LogP) is 4.07. The zero-order valence-corrected chi connectivity index (χ0v) is 13.9. The summed E-state index contributed by atoms with van der Waals surface area (Å²) in [5.41, 5.74) is 0. The molecule has 3 atom stereocenters. The van der Waals surface area contributed by atoms with E-state index in [4.69, 9.17) is 9.84 Å². The Hall–Kier alpha value is -0.870. The number of aliphatic carboxylic acids is 1. The lowest BCUT2D eigenvalue weighted by atomic mass is 10.1. The number of aliphatic hydroxyl groups is 1. The summed E-state index contributed by atoms with van der Waals surface area (Å²) in [6, 6.07) is 0. The number of carbonyl (C=O) groups is 1. The van der Waals surface area contributed by atoms with Crippen molar-refractivity contribution in [3.05, 3.63) is 12.2 Å². The summed E-state index contributed by atoms with van der Waals surface area (Å²) in [7, 11) is 0. The van der Waals surface area contributed by atoms with Gasteiger partial charge in [0, 0.05) is 12.8 Å². The molecule has 128 valence electrons. The summed E-state index contributed by atoms with van der Waals surface area (Å²) in [6.07, 6.45) is 14.8. The maximum Gasteiger partial charge on any atom is 0.303 e. The lowest BCUT2D eigenvalue weighted by Gasteiger charge is -2.02. The topological polar surface area (TPSA) is 70.1 Å². The van der Waals surface area contributed by atoms with Crippen molar-refractivity contribution in [2.75, 3.05) is 0 Å². The molecular formula is C18H32O4. The van der Waals surface area contributed by atoms with Crippen LogP contribution in [0.15, 0.2) is 12.2 Å². The van der Waals surface area contributed by atoms with Gasteiger partial charge in [-0.05, 0) is 25.7 Å². The average molecular weight is 312 g/mol. The van der Waals surface area contributed by atoms with E-state index in [0.717, 1.165) is 38.5 Å². The summed E-state index contributed by atoms with van der Waals surface area (Å²) in [5, 5.41) is 18.4. The van der Waals surface area contributed by atoms with Gasteiger partial charge in [0.1, 0.15) is 0 Å². The van der Waals surface area contributed by atoms with Gasteiger partial charge >= 0.3 is 5.97 Å². The molecule has 0 unspecified atom stereocenters. The fraction of sp³-hybridized carbons (Fsp3) is 0.833. The molecule has 0 aromatic rings. The van der Waals surface area contributed by atoms with Gasteiger partial charge in [0.15, 0.2) is 0 Å². The fourth-order valence-electron chi connectivity index (χ4n) is 2.70. The first-order chi connectivity index (χ1) is 10.6. The van der Waals surface area contributed by atoms with Crippen molar-refractivity contribution < 1.29 is 19.7 Å². The number of aliphatic hydroxyl groups excluding tert-OH is 1. The molecule has 0 amide bonds. The van der Waals surface area contributed by atoms with Crippen molar-refractivity contribution >= 4 is 5.97 Å². The second kappa shape index (κ2) is 11.7. The minimum absolute atomic E-state index is 0.257. The van der Waals surface area contributed by atoms with Gasteiger partial charge in [0.05, 0.1) is 18.3 Å². The number of epoxide rings is 1. The molecule has 0 radical (unpaired) electrons. The fourth-order valence-corrected chi connectivity index (χ4v) is 2.70. The van der Waals surface area contributed by atoms with Gasteiger partial charge in [-0.3, -0.25) is 4.79 Å². The molecule has 0 bridgehead atoms. The molecular weight excluding hydrogens is 280 g/mol. The van der Waals surface area contributed by atoms with Gasteiger partial charge in [0.25, 0.3) is 0 Å². The van der Waals surface area contributed by atoms with E-state index in [1.165, 1.54) is 19.3 Å². The lowest BCUT2D eigenvalue weighted by molar-refractivity contribution is -0.137. The highest BCUT2D eigenvalue weighted by atomic mass is 16.6. The normalized spacial score (nSPS) is 22.1. The maximum absolute atomic E-state index is 10.4.